The molecule has 116 valence electrons. The van der Waals surface area contributed by atoms with Crippen molar-refractivity contribution in [1.29, 1.82) is 0 Å². The van der Waals surface area contributed by atoms with E-state index in [1.165, 1.54) is 44.2 Å². The monoisotopic (exact) mass is 344 g/mol. The van der Waals surface area contributed by atoms with Gasteiger partial charge in [0.15, 0.2) is 0 Å². The summed E-state index contributed by atoms with van der Waals surface area (Å²) in [4.78, 5) is 0. The number of hydrogen-bond acceptors (Lipinski definition) is 3. The normalized spacial score (nSPS) is 12.8. The maximum Gasteiger partial charge on any atom is 0.0738 e. The molecule has 1 unspecified atom stereocenters. The van der Waals surface area contributed by atoms with E-state index in [4.69, 9.17) is 5.84 Å². The molecule has 5 heteroatoms. The third kappa shape index (κ3) is 5.54. The number of halogens is 1. The van der Waals surface area contributed by atoms with E-state index < -0.39 is 0 Å². The van der Waals surface area contributed by atoms with Gasteiger partial charge < -0.3 is 0 Å². The number of aromatic nitrogens is 2. The van der Waals surface area contributed by atoms with Gasteiger partial charge in [0, 0.05) is 19.5 Å². The van der Waals surface area contributed by atoms with Crippen molar-refractivity contribution in [1.82, 2.24) is 15.2 Å². The van der Waals surface area contributed by atoms with Gasteiger partial charge in [0.05, 0.1) is 15.9 Å². The first-order valence-corrected chi connectivity index (χ1v) is 8.53. The van der Waals surface area contributed by atoms with Gasteiger partial charge in [-0.25, -0.2) is 0 Å². The summed E-state index contributed by atoms with van der Waals surface area (Å²) in [5, 5.41) is 4.43. The molecule has 0 aromatic carbocycles. The van der Waals surface area contributed by atoms with Crippen LogP contribution in [0.5, 0.6) is 0 Å². The highest BCUT2D eigenvalue weighted by Gasteiger charge is 2.15. The summed E-state index contributed by atoms with van der Waals surface area (Å²) in [6.07, 6.45) is 9.98. The van der Waals surface area contributed by atoms with E-state index >= 15 is 0 Å². The van der Waals surface area contributed by atoms with Crippen LogP contribution in [0.2, 0.25) is 0 Å². The number of unbranched alkanes of at least 4 members (excludes halogenated alkanes) is 5. The fourth-order valence-electron chi connectivity index (χ4n) is 2.55. The molecule has 20 heavy (non-hydrogen) atoms. The third-order valence-electron chi connectivity index (χ3n) is 3.84. The summed E-state index contributed by atoms with van der Waals surface area (Å²) in [6.45, 7) is 4.27. The molecular weight excluding hydrogens is 316 g/mol. The average Bonchev–Trinajstić information content (AvgIpc) is 2.67. The number of hydrogen-bond donors (Lipinski definition) is 2. The van der Waals surface area contributed by atoms with E-state index in [0.717, 1.165) is 23.0 Å². The van der Waals surface area contributed by atoms with E-state index in [9.17, 15) is 0 Å². The Hall–Kier alpha value is -0.390. The molecule has 0 amide bonds. The largest absolute Gasteiger partial charge is 0.271 e. The smallest absolute Gasteiger partial charge is 0.0738 e. The standard InChI is InChI=1S/C15H29BrN4/c1-4-5-6-7-8-9-10-13(18-17)11-14-15(16)12(2)19-20(14)3/h13,18H,4-11,17H2,1-3H3. The molecule has 4 nitrogen and oxygen atoms in total. The van der Waals surface area contributed by atoms with Crippen LogP contribution < -0.4 is 11.3 Å². The minimum absolute atomic E-state index is 0.326. The van der Waals surface area contributed by atoms with Gasteiger partial charge in [-0.1, -0.05) is 45.4 Å². The first-order valence-electron chi connectivity index (χ1n) is 7.74. The first-order chi connectivity index (χ1) is 9.60. The van der Waals surface area contributed by atoms with Crippen molar-refractivity contribution < 1.29 is 0 Å². The summed E-state index contributed by atoms with van der Waals surface area (Å²) < 4.78 is 3.06. The molecule has 1 aromatic rings. The number of nitrogens with two attached hydrogens (primary N) is 1. The van der Waals surface area contributed by atoms with Crippen molar-refractivity contribution in [2.45, 2.75) is 71.3 Å². The van der Waals surface area contributed by atoms with Crippen molar-refractivity contribution in [3.05, 3.63) is 15.9 Å². The third-order valence-corrected chi connectivity index (χ3v) is 4.87. The quantitative estimate of drug-likeness (QED) is 0.387. The highest BCUT2D eigenvalue weighted by Crippen LogP contribution is 2.22. The summed E-state index contributed by atoms with van der Waals surface area (Å²) in [7, 11) is 1.99. The molecule has 0 spiro atoms. The number of aryl methyl sites for hydroxylation is 2. The molecule has 1 aromatic heterocycles. The minimum atomic E-state index is 0.326. The van der Waals surface area contributed by atoms with Crippen molar-refractivity contribution >= 4 is 15.9 Å². The molecule has 0 bridgehead atoms. The molecule has 1 rings (SSSR count). The Bertz CT molecular complexity index is 389. The number of hydrazine groups is 1. The Kier molecular flexibility index (Phi) is 8.41. The topological polar surface area (TPSA) is 55.9 Å². The lowest BCUT2D eigenvalue weighted by molar-refractivity contribution is 0.449. The van der Waals surface area contributed by atoms with Crippen molar-refractivity contribution in [3.8, 4) is 0 Å². The van der Waals surface area contributed by atoms with Crippen LogP contribution in [-0.4, -0.2) is 15.8 Å². The predicted molar refractivity (Wildman–Crippen MR) is 88.5 cm³/mol. The van der Waals surface area contributed by atoms with E-state index in [-0.39, 0.29) is 0 Å². The van der Waals surface area contributed by atoms with Crippen LogP contribution in [-0.2, 0) is 13.5 Å². The molecule has 0 aliphatic rings. The summed E-state index contributed by atoms with van der Waals surface area (Å²) in [5.74, 6) is 5.70. The van der Waals surface area contributed by atoms with Crippen LogP contribution in [0.15, 0.2) is 4.47 Å². The van der Waals surface area contributed by atoms with Gasteiger partial charge in [-0.15, -0.1) is 0 Å². The Labute approximate surface area is 131 Å². The van der Waals surface area contributed by atoms with Crippen LogP contribution >= 0.6 is 15.9 Å². The molecule has 0 aliphatic carbocycles. The Morgan fingerprint density at radius 3 is 2.45 bits per heavy atom. The van der Waals surface area contributed by atoms with E-state index in [0.29, 0.717) is 6.04 Å². The van der Waals surface area contributed by atoms with Crippen molar-refractivity contribution in [2.24, 2.45) is 12.9 Å². The van der Waals surface area contributed by atoms with Crippen molar-refractivity contribution in [3.63, 3.8) is 0 Å². The van der Waals surface area contributed by atoms with Crippen LogP contribution in [0.4, 0.5) is 0 Å². The SMILES string of the molecule is CCCCCCCCC(Cc1c(Br)c(C)nn1C)NN. The van der Waals surface area contributed by atoms with Gasteiger partial charge in [-0.2, -0.15) is 5.10 Å². The maximum atomic E-state index is 5.70. The second-order valence-corrected chi connectivity index (χ2v) is 6.39. The zero-order valence-corrected chi connectivity index (χ0v) is 14.7. The average molecular weight is 345 g/mol. The predicted octanol–water partition coefficient (Wildman–Crippen LogP) is 3.62. The minimum Gasteiger partial charge on any atom is -0.271 e. The van der Waals surface area contributed by atoms with Gasteiger partial charge in [-0.05, 0) is 29.3 Å². The Morgan fingerprint density at radius 2 is 1.90 bits per heavy atom. The highest BCUT2D eigenvalue weighted by atomic mass is 79.9. The van der Waals surface area contributed by atoms with Gasteiger partial charge in [-0.3, -0.25) is 16.0 Å². The lowest BCUT2D eigenvalue weighted by Crippen LogP contribution is -2.37. The molecule has 1 heterocycles. The van der Waals surface area contributed by atoms with Crippen LogP contribution in [0, 0.1) is 6.92 Å². The molecular formula is C15H29BrN4. The van der Waals surface area contributed by atoms with Gasteiger partial charge >= 0.3 is 0 Å². The lowest BCUT2D eigenvalue weighted by Gasteiger charge is -2.16. The second kappa shape index (κ2) is 9.53. The van der Waals surface area contributed by atoms with Gasteiger partial charge in [0.25, 0.3) is 0 Å². The molecule has 3 N–H and O–H groups in total. The summed E-state index contributed by atoms with van der Waals surface area (Å²) in [6, 6.07) is 0.326. The van der Waals surface area contributed by atoms with Gasteiger partial charge in [0.2, 0.25) is 0 Å². The molecule has 0 saturated heterocycles. The molecule has 0 fully saturated rings. The zero-order valence-electron chi connectivity index (χ0n) is 13.1. The van der Waals surface area contributed by atoms with E-state index in [1.807, 2.05) is 18.7 Å². The van der Waals surface area contributed by atoms with Crippen LogP contribution in [0.3, 0.4) is 0 Å². The fourth-order valence-corrected chi connectivity index (χ4v) is 3.05. The fraction of sp³-hybridized carbons (Fsp3) is 0.800. The Morgan fingerprint density at radius 1 is 1.25 bits per heavy atom. The zero-order chi connectivity index (χ0) is 15.0. The van der Waals surface area contributed by atoms with E-state index in [1.54, 1.807) is 0 Å². The number of rotatable bonds is 10. The Balaban J connectivity index is 2.35. The van der Waals surface area contributed by atoms with Crippen molar-refractivity contribution in [2.75, 3.05) is 0 Å². The highest BCUT2D eigenvalue weighted by molar-refractivity contribution is 9.10. The summed E-state index contributed by atoms with van der Waals surface area (Å²) in [5.41, 5.74) is 5.21. The number of nitrogens with one attached hydrogen (secondary N) is 1. The van der Waals surface area contributed by atoms with Gasteiger partial charge in [0.1, 0.15) is 0 Å². The molecule has 1 atom stereocenters. The van der Waals surface area contributed by atoms with Crippen LogP contribution in [0.25, 0.3) is 0 Å². The molecule has 0 aliphatic heterocycles. The number of nitrogens with zero attached hydrogens (tertiary/aromatic N) is 2. The maximum absolute atomic E-state index is 5.70. The second-order valence-electron chi connectivity index (χ2n) is 5.59. The summed E-state index contributed by atoms with van der Waals surface area (Å²) >= 11 is 3.62. The first kappa shape index (κ1) is 17.7. The van der Waals surface area contributed by atoms with E-state index in [2.05, 4.69) is 33.4 Å². The molecule has 0 radical (unpaired) electrons. The van der Waals surface area contributed by atoms with Crippen LogP contribution in [0.1, 0.15) is 63.3 Å². The lowest BCUT2D eigenvalue weighted by atomic mass is 10.0. The molecule has 0 saturated carbocycles.